The van der Waals surface area contributed by atoms with E-state index in [0.29, 0.717) is 25.7 Å². The first-order valence-corrected chi connectivity index (χ1v) is 25.6. The van der Waals surface area contributed by atoms with Crippen molar-refractivity contribution in [3.05, 3.63) is 11.6 Å². The summed E-state index contributed by atoms with van der Waals surface area (Å²) in [5.74, 6) is -3.37. The first kappa shape index (κ1) is 54.3. The van der Waals surface area contributed by atoms with E-state index in [9.17, 15) is 65.8 Å². The Labute approximate surface area is 410 Å². The molecule has 400 valence electrons. The van der Waals surface area contributed by atoms with Crippen LogP contribution in [0.25, 0.3) is 0 Å². The highest BCUT2D eigenvalue weighted by molar-refractivity contribution is 5.71. The quantitative estimate of drug-likeness (QED) is 0.107. The fourth-order valence-corrected chi connectivity index (χ4v) is 16.1. The normalized spacial score (nSPS) is 53.0. The van der Waals surface area contributed by atoms with Gasteiger partial charge in [-0.15, -0.1) is 0 Å². The van der Waals surface area contributed by atoms with Crippen LogP contribution < -0.4 is 0 Å². The number of carbonyl (C=O) groups excluding carboxylic acids is 1. The molecule has 0 bridgehead atoms. The molecule has 8 rings (SSSR count). The summed E-state index contributed by atoms with van der Waals surface area (Å²) in [7, 11) is 0. The highest BCUT2D eigenvalue weighted by Crippen LogP contribution is 2.76. The summed E-state index contributed by atoms with van der Waals surface area (Å²) in [4.78, 5) is 25.8. The molecule has 0 aromatic carbocycles. The van der Waals surface area contributed by atoms with Crippen LogP contribution in [0.4, 0.5) is 0 Å². The standard InChI is InChI=1S/C51H82O19/c1-22-34(55)38(59)40(61)44(66-22)65-21-51-26(17-46(3,4)18-31(51)54)25-10-11-30-48(7)14-13-32(47(5,6)29(48)12-15-49(30,8)50(25,9)19-33(51)67-23(2)53)68-27-16-24(43(63)64)35(56)42(37(27)58)70-45-41(62)39(60)36(57)28(20-52)69-45/h10,22,24,26-42,44-45,52,54-62H,11-21H2,1-9H3,(H,63,64)/t22-,24-,26-,27+,28+,29-,30+,31-,32-,33-,34-,35+,36-,37-,38+,39-,40+,41+,42-,44+,45-,48-,49+,50+,51+/m0/s1. The van der Waals surface area contributed by atoms with E-state index >= 15 is 0 Å². The molecule has 6 aliphatic carbocycles. The van der Waals surface area contributed by atoms with Gasteiger partial charge in [0, 0.05) is 6.92 Å². The first-order valence-electron chi connectivity index (χ1n) is 25.6. The summed E-state index contributed by atoms with van der Waals surface area (Å²) in [6.07, 6.45) is -16.2. The molecule has 0 amide bonds. The molecule has 0 aromatic heterocycles. The highest BCUT2D eigenvalue weighted by atomic mass is 16.7. The lowest BCUT2D eigenvalue weighted by Crippen LogP contribution is -2.70. The number of esters is 1. The molecule has 0 radical (unpaired) electrons. The van der Waals surface area contributed by atoms with Crippen molar-refractivity contribution in [3.8, 4) is 0 Å². The molecule has 5 saturated carbocycles. The predicted octanol–water partition coefficient (Wildman–Crippen LogP) is 0.910. The fraction of sp³-hybridized carbons (Fsp3) is 0.922. The molecule has 70 heavy (non-hydrogen) atoms. The number of carboxylic acids is 1. The Balaban J connectivity index is 1.07. The Morgan fingerprint density at radius 3 is 2.03 bits per heavy atom. The van der Waals surface area contributed by atoms with Crippen LogP contribution in [0, 0.1) is 56.2 Å². The van der Waals surface area contributed by atoms with Crippen LogP contribution in [0.15, 0.2) is 11.6 Å². The van der Waals surface area contributed by atoms with Crippen molar-refractivity contribution in [1.29, 1.82) is 0 Å². The second kappa shape index (κ2) is 19.0. The summed E-state index contributed by atoms with van der Waals surface area (Å²) in [6, 6.07) is 0. The van der Waals surface area contributed by atoms with Crippen molar-refractivity contribution in [2.45, 2.75) is 224 Å². The largest absolute Gasteiger partial charge is 0.481 e. The van der Waals surface area contributed by atoms with Crippen molar-refractivity contribution in [2.75, 3.05) is 13.2 Å². The van der Waals surface area contributed by atoms with E-state index in [-0.39, 0.29) is 47.0 Å². The molecule has 25 atom stereocenters. The summed E-state index contributed by atoms with van der Waals surface area (Å²) in [6.45, 7) is 17.6. The predicted molar refractivity (Wildman–Crippen MR) is 245 cm³/mol. The fourth-order valence-electron chi connectivity index (χ4n) is 16.1. The molecule has 0 spiro atoms. The lowest BCUT2D eigenvalue weighted by molar-refractivity contribution is -0.335. The van der Waals surface area contributed by atoms with E-state index in [0.717, 1.165) is 25.7 Å². The van der Waals surface area contributed by atoms with Crippen LogP contribution in [0.5, 0.6) is 0 Å². The van der Waals surface area contributed by atoms with E-state index in [1.807, 2.05) is 0 Å². The van der Waals surface area contributed by atoms with Crippen molar-refractivity contribution in [3.63, 3.8) is 0 Å². The molecule has 8 aliphatic rings. The van der Waals surface area contributed by atoms with Gasteiger partial charge in [-0.05, 0) is 110 Å². The van der Waals surface area contributed by atoms with E-state index < -0.39 is 145 Å². The average Bonchev–Trinajstić information content (AvgIpc) is 3.26. The van der Waals surface area contributed by atoms with Gasteiger partial charge in [0.15, 0.2) is 12.6 Å². The minimum Gasteiger partial charge on any atom is -0.481 e. The van der Waals surface area contributed by atoms with Gasteiger partial charge < -0.3 is 84.6 Å². The summed E-state index contributed by atoms with van der Waals surface area (Å²) in [5, 5.41) is 119. The van der Waals surface area contributed by atoms with Gasteiger partial charge in [-0.3, -0.25) is 9.59 Å². The molecular weight excluding hydrogens is 917 g/mol. The van der Waals surface area contributed by atoms with Crippen LogP contribution in [0.3, 0.4) is 0 Å². The number of hydrogen-bond donors (Lipinski definition) is 11. The Hall–Kier alpha value is -1.92. The molecule has 2 heterocycles. The molecule has 7 fully saturated rings. The Kier molecular flexibility index (Phi) is 14.8. The minimum atomic E-state index is -1.85. The molecule has 0 aromatic rings. The van der Waals surface area contributed by atoms with Gasteiger partial charge in [-0.1, -0.05) is 60.1 Å². The lowest BCUT2D eigenvalue weighted by atomic mass is 9.33. The molecule has 2 saturated heterocycles. The van der Waals surface area contributed by atoms with E-state index in [4.69, 9.17) is 28.4 Å². The second-order valence-electron chi connectivity index (χ2n) is 24.8. The van der Waals surface area contributed by atoms with Crippen LogP contribution >= 0.6 is 0 Å². The number of allylic oxidation sites excluding steroid dienone is 2. The van der Waals surface area contributed by atoms with Crippen molar-refractivity contribution < 1.29 is 94.2 Å². The lowest BCUT2D eigenvalue weighted by Gasteiger charge is -2.72. The van der Waals surface area contributed by atoms with Crippen molar-refractivity contribution >= 4 is 11.9 Å². The van der Waals surface area contributed by atoms with E-state index in [2.05, 4.69) is 54.5 Å². The van der Waals surface area contributed by atoms with Crippen molar-refractivity contribution in [1.82, 2.24) is 0 Å². The number of aliphatic hydroxyl groups excluding tert-OH is 10. The first-order chi connectivity index (χ1) is 32.5. The molecule has 11 N–H and O–H groups in total. The maximum Gasteiger partial charge on any atom is 0.309 e. The summed E-state index contributed by atoms with van der Waals surface area (Å²) >= 11 is 0. The number of hydrogen-bond acceptors (Lipinski definition) is 18. The summed E-state index contributed by atoms with van der Waals surface area (Å²) in [5.41, 5.74) is -1.88. The molecule has 2 aliphatic heterocycles. The van der Waals surface area contributed by atoms with Crippen LogP contribution in [0.1, 0.15) is 120 Å². The zero-order chi connectivity index (χ0) is 51.6. The van der Waals surface area contributed by atoms with Gasteiger partial charge in [-0.25, -0.2) is 0 Å². The third-order valence-electron chi connectivity index (χ3n) is 20.2. The van der Waals surface area contributed by atoms with Gasteiger partial charge in [0.05, 0.1) is 55.1 Å². The average molecular weight is 999 g/mol. The number of ether oxygens (including phenoxy) is 6. The van der Waals surface area contributed by atoms with E-state index in [1.165, 1.54) is 12.5 Å². The maximum atomic E-state index is 13.2. The Morgan fingerprint density at radius 1 is 0.729 bits per heavy atom. The van der Waals surface area contributed by atoms with Gasteiger partial charge >= 0.3 is 11.9 Å². The Morgan fingerprint density at radius 2 is 1.39 bits per heavy atom. The van der Waals surface area contributed by atoms with Crippen LogP contribution in [-0.4, -0.2) is 185 Å². The van der Waals surface area contributed by atoms with Gasteiger partial charge in [0.1, 0.15) is 61.0 Å². The van der Waals surface area contributed by atoms with Gasteiger partial charge in [0.25, 0.3) is 0 Å². The minimum absolute atomic E-state index is 0.0899. The maximum absolute atomic E-state index is 13.2. The number of fused-ring (bicyclic) bond motifs is 7. The number of rotatable bonds is 10. The SMILES string of the molecule is CC(=O)O[C@H]1C[C@]2(C)C(=CC[C@@H]3[C@@]4(C)CC[C@H](O[C@@H]5C[C@H](C(=O)O)[C@@H](O)[C@H](O[C@@H]6O[C@H](CO)[C@H](O)[C@H](O)[C@H]6O)[C@H]5O)C(C)(C)[C@@H]4CC[C@]32C)[C@@H]2CC(C)(C)C[C@H](O)[C@]12CO[C@@H]1O[C@@H](C)[C@H](O)[C@@H](O)[C@H]1O. The topological polar surface area (TPSA) is 312 Å². The smallest absolute Gasteiger partial charge is 0.309 e. The van der Waals surface area contributed by atoms with E-state index in [1.54, 1.807) is 6.92 Å². The van der Waals surface area contributed by atoms with Gasteiger partial charge in [-0.2, -0.15) is 0 Å². The van der Waals surface area contributed by atoms with Gasteiger partial charge in [0.2, 0.25) is 0 Å². The third kappa shape index (κ3) is 8.54. The highest BCUT2D eigenvalue weighted by Gasteiger charge is 2.72. The molecule has 0 unspecified atom stereocenters. The van der Waals surface area contributed by atoms with Crippen molar-refractivity contribution in [2.24, 2.45) is 56.2 Å². The number of carbonyl (C=O) groups is 2. The zero-order valence-corrected chi connectivity index (χ0v) is 42.2. The Bertz CT molecular complexity index is 1960. The molecule has 19 heteroatoms. The number of aliphatic hydroxyl groups is 10. The van der Waals surface area contributed by atoms with Crippen LogP contribution in [-0.2, 0) is 38.0 Å². The molecule has 19 nitrogen and oxygen atoms in total. The van der Waals surface area contributed by atoms with Crippen LogP contribution in [0.2, 0.25) is 0 Å². The number of carboxylic acid groups (broad SMARTS) is 1. The summed E-state index contributed by atoms with van der Waals surface area (Å²) < 4.78 is 36.9. The number of aliphatic carboxylic acids is 1. The molecular formula is C51H82O19. The third-order valence-corrected chi connectivity index (χ3v) is 20.2. The second-order valence-corrected chi connectivity index (χ2v) is 24.8. The zero-order valence-electron chi connectivity index (χ0n) is 42.2. The monoisotopic (exact) mass is 999 g/mol.